The average molecular weight is 453 g/mol. The van der Waals surface area contributed by atoms with Crippen molar-refractivity contribution in [3.63, 3.8) is 0 Å². The fourth-order valence-corrected chi connectivity index (χ4v) is 4.08. The largest absolute Gasteiger partial charge is 0.492 e. The summed E-state index contributed by atoms with van der Waals surface area (Å²) in [5.74, 6) is 0.484. The van der Waals surface area contributed by atoms with Crippen molar-refractivity contribution in [3.05, 3.63) is 101 Å². The summed E-state index contributed by atoms with van der Waals surface area (Å²) in [5.41, 5.74) is 3.68. The molecule has 6 nitrogen and oxygen atoms in total. The average Bonchev–Trinajstić information content (AvgIpc) is 2.89. The number of para-hydroxylation sites is 1. The summed E-state index contributed by atoms with van der Waals surface area (Å²) in [4.78, 5) is 29.4. The fourth-order valence-electron chi connectivity index (χ4n) is 4.08. The van der Waals surface area contributed by atoms with Crippen LogP contribution in [-0.2, 0) is 17.8 Å². The van der Waals surface area contributed by atoms with Crippen molar-refractivity contribution >= 4 is 22.7 Å². The summed E-state index contributed by atoms with van der Waals surface area (Å²) in [6.07, 6.45) is 0.520. The molecule has 0 radical (unpaired) electrons. The Labute approximate surface area is 197 Å². The van der Waals surface area contributed by atoms with Gasteiger partial charge in [0.05, 0.1) is 42.0 Å². The van der Waals surface area contributed by atoms with E-state index in [0.717, 1.165) is 22.2 Å². The molecule has 1 unspecified atom stereocenters. The van der Waals surface area contributed by atoms with Crippen LogP contribution in [0.4, 0.5) is 0 Å². The monoisotopic (exact) mass is 453 g/mol. The number of rotatable bonds is 6. The maximum Gasteiger partial charge on any atom is 0.337 e. The van der Waals surface area contributed by atoms with Gasteiger partial charge in [0.25, 0.3) is 0 Å². The zero-order valence-electron chi connectivity index (χ0n) is 18.7. The van der Waals surface area contributed by atoms with Gasteiger partial charge in [0.15, 0.2) is 5.78 Å². The molecule has 170 valence electrons. The third-order valence-electron chi connectivity index (χ3n) is 5.93. The lowest BCUT2D eigenvalue weighted by Gasteiger charge is -2.24. The summed E-state index contributed by atoms with van der Waals surface area (Å²) in [7, 11) is 1.35. The van der Waals surface area contributed by atoms with Crippen molar-refractivity contribution in [2.45, 2.75) is 13.0 Å². The Kier molecular flexibility index (Phi) is 5.95. The van der Waals surface area contributed by atoms with Crippen LogP contribution in [0.5, 0.6) is 11.5 Å². The first kappa shape index (κ1) is 21.6. The highest BCUT2D eigenvalue weighted by Crippen LogP contribution is 2.32. The Bertz CT molecular complexity index is 1360. The molecule has 1 aromatic heterocycles. The number of methoxy groups -OCH3 is 1. The molecule has 1 aliphatic heterocycles. The number of pyridine rings is 1. The number of ketones is 1. The number of benzene rings is 3. The van der Waals surface area contributed by atoms with Gasteiger partial charge in [-0.25, -0.2) is 9.78 Å². The Morgan fingerprint density at radius 1 is 1.03 bits per heavy atom. The highest BCUT2D eigenvalue weighted by Gasteiger charge is 2.29. The van der Waals surface area contributed by atoms with Crippen LogP contribution in [0.3, 0.4) is 0 Å². The maximum absolute atomic E-state index is 13.2. The SMILES string of the molecule is COC(=O)c1ccc(CC2COc3ccc(OCc4ccc5ccccc5n4)cc3C2=O)cc1. The van der Waals surface area contributed by atoms with Crippen LogP contribution < -0.4 is 9.47 Å². The van der Waals surface area contributed by atoms with E-state index < -0.39 is 0 Å². The number of ether oxygens (including phenoxy) is 3. The lowest BCUT2D eigenvalue weighted by molar-refractivity contribution is 0.0600. The van der Waals surface area contributed by atoms with Crippen LogP contribution in [0, 0.1) is 5.92 Å². The first-order valence-electron chi connectivity index (χ1n) is 11.1. The van der Waals surface area contributed by atoms with E-state index in [9.17, 15) is 9.59 Å². The topological polar surface area (TPSA) is 74.7 Å². The van der Waals surface area contributed by atoms with Crippen molar-refractivity contribution in [1.29, 1.82) is 0 Å². The van der Waals surface area contributed by atoms with Crippen LogP contribution in [0.15, 0.2) is 78.9 Å². The normalized spacial score (nSPS) is 14.9. The molecule has 0 saturated carbocycles. The van der Waals surface area contributed by atoms with Crippen molar-refractivity contribution in [3.8, 4) is 11.5 Å². The van der Waals surface area contributed by atoms with E-state index in [1.807, 2.05) is 48.5 Å². The molecule has 3 aromatic carbocycles. The van der Waals surface area contributed by atoms with E-state index in [1.54, 1.807) is 30.3 Å². The number of carbonyl (C=O) groups excluding carboxylic acids is 2. The molecule has 0 amide bonds. The van der Waals surface area contributed by atoms with Gasteiger partial charge in [0.1, 0.15) is 18.1 Å². The maximum atomic E-state index is 13.2. The highest BCUT2D eigenvalue weighted by atomic mass is 16.5. The lowest BCUT2D eigenvalue weighted by atomic mass is 9.89. The van der Waals surface area contributed by atoms with E-state index in [-0.39, 0.29) is 17.7 Å². The van der Waals surface area contributed by atoms with Gasteiger partial charge in [-0.3, -0.25) is 4.79 Å². The van der Waals surface area contributed by atoms with Crippen LogP contribution in [0.1, 0.15) is 32.0 Å². The fraction of sp³-hybridized carbons (Fsp3) is 0.179. The van der Waals surface area contributed by atoms with Gasteiger partial charge in [-0.1, -0.05) is 36.4 Å². The standard InChI is InChI=1S/C28H23NO5/c1-32-28(31)20-8-6-18(7-9-20)14-21-16-34-26-13-12-23(15-24(26)27(21)30)33-17-22-11-10-19-4-2-3-5-25(19)29-22/h2-13,15,21H,14,16-17H2,1H3. The molecular formula is C28H23NO5. The lowest BCUT2D eigenvalue weighted by Crippen LogP contribution is -2.29. The molecule has 2 heterocycles. The Morgan fingerprint density at radius 2 is 1.85 bits per heavy atom. The third-order valence-corrected chi connectivity index (χ3v) is 5.93. The Balaban J connectivity index is 1.27. The van der Waals surface area contributed by atoms with E-state index in [4.69, 9.17) is 14.2 Å². The Hall–Kier alpha value is -4.19. The number of nitrogens with zero attached hydrogens (tertiary/aromatic N) is 1. The molecule has 0 spiro atoms. The van der Waals surface area contributed by atoms with Crippen molar-refractivity contribution in [2.75, 3.05) is 13.7 Å². The minimum absolute atomic E-state index is 0.0209. The molecule has 0 N–H and O–H groups in total. The molecule has 5 rings (SSSR count). The molecule has 6 heteroatoms. The molecule has 1 aliphatic rings. The second kappa shape index (κ2) is 9.35. The van der Waals surface area contributed by atoms with Crippen molar-refractivity contribution < 1.29 is 23.8 Å². The molecular weight excluding hydrogens is 430 g/mol. The molecule has 0 bridgehead atoms. The number of hydrogen-bond acceptors (Lipinski definition) is 6. The van der Waals surface area contributed by atoms with Gasteiger partial charge in [-0.2, -0.15) is 0 Å². The summed E-state index contributed by atoms with van der Waals surface area (Å²) >= 11 is 0. The first-order chi connectivity index (χ1) is 16.6. The highest BCUT2D eigenvalue weighted by molar-refractivity contribution is 6.01. The minimum Gasteiger partial charge on any atom is -0.492 e. The summed E-state index contributed by atoms with van der Waals surface area (Å²) < 4.78 is 16.5. The molecule has 0 fully saturated rings. The minimum atomic E-state index is -0.385. The van der Waals surface area contributed by atoms with Gasteiger partial charge >= 0.3 is 5.97 Å². The number of esters is 1. The van der Waals surface area contributed by atoms with Crippen LogP contribution in [0.2, 0.25) is 0 Å². The number of Topliss-reactive ketones (excluding diaryl/α,β-unsaturated/α-hetero) is 1. The molecule has 4 aromatic rings. The molecule has 0 saturated heterocycles. The van der Waals surface area contributed by atoms with E-state index >= 15 is 0 Å². The summed E-state index contributed by atoms with van der Waals surface area (Å²) in [6, 6.07) is 24.3. The molecule has 0 aliphatic carbocycles. The van der Waals surface area contributed by atoms with Gasteiger partial charge < -0.3 is 14.2 Å². The first-order valence-corrected chi connectivity index (χ1v) is 11.1. The Morgan fingerprint density at radius 3 is 2.68 bits per heavy atom. The van der Waals surface area contributed by atoms with Crippen LogP contribution >= 0.6 is 0 Å². The summed E-state index contributed by atoms with van der Waals surface area (Å²) in [6.45, 7) is 0.612. The smallest absolute Gasteiger partial charge is 0.337 e. The number of carbonyl (C=O) groups is 2. The third kappa shape index (κ3) is 4.48. The van der Waals surface area contributed by atoms with Gasteiger partial charge in [0.2, 0.25) is 0 Å². The predicted molar refractivity (Wildman–Crippen MR) is 127 cm³/mol. The zero-order valence-corrected chi connectivity index (χ0v) is 18.7. The van der Waals surface area contributed by atoms with Gasteiger partial charge in [-0.05, 0) is 54.4 Å². The van der Waals surface area contributed by atoms with E-state index in [1.165, 1.54) is 7.11 Å². The van der Waals surface area contributed by atoms with E-state index in [2.05, 4.69) is 4.98 Å². The van der Waals surface area contributed by atoms with Crippen molar-refractivity contribution in [1.82, 2.24) is 4.98 Å². The van der Waals surface area contributed by atoms with Crippen molar-refractivity contribution in [2.24, 2.45) is 5.92 Å². The summed E-state index contributed by atoms with van der Waals surface area (Å²) in [5, 5.41) is 1.08. The van der Waals surface area contributed by atoms with Crippen LogP contribution in [0.25, 0.3) is 10.9 Å². The zero-order chi connectivity index (χ0) is 23.5. The second-order valence-corrected chi connectivity index (χ2v) is 8.21. The molecule has 1 atom stereocenters. The number of hydrogen-bond donors (Lipinski definition) is 0. The molecule has 34 heavy (non-hydrogen) atoms. The van der Waals surface area contributed by atoms with E-state index in [0.29, 0.717) is 42.3 Å². The van der Waals surface area contributed by atoms with Gasteiger partial charge in [0, 0.05) is 5.39 Å². The predicted octanol–water partition coefficient (Wildman–Crippen LogP) is 5.03. The quantitative estimate of drug-likeness (QED) is 0.381. The second-order valence-electron chi connectivity index (χ2n) is 8.21. The number of fused-ring (bicyclic) bond motifs is 2. The van der Waals surface area contributed by atoms with Gasteiger partial charge in [-0.15, -0.1) is 0 Å². The van der Waals surface area contributed by atoms with Crippen LogP contribution in [-0.4, -0.2) is 30.5 Å². The number of aromatic nitrogens is 1.